The monoisotopic (exact) mass is 198 g/mol. The molecule has 1 aliphatic rings. The lowest BCUT2D eigenvalue weighted by atomic mass is 10.1. The number of aromatic nitrogens is 2. The van der Waals surface area contributed by atoms with Crippen LogP contribution in [0.5, 0.6) is 0 Å². The van der Waals surface area contributed by atoms with Crippen molar-refractivity contribution in [3.8, 4) is 0 Å². The highest BCUT2D eigenvalue weighted by atomic mass is 32.1. The topological polar surface area (TPSA) is 41.1 Å². The van der Waals surface area contributed by atoms with Gasteiger partial charge in [-0.25, -0.2) is 0 Å². The number of anilines is 1. The first-order valence-corrected chi connectivity index (χ1v) is 5.45. The molecular weight excluding hydrogens is 184 g/mol. The Balaban J connectivity index is 1.99. The molecule has 72 valence electrons. The van der Waals surface area contributed by atoms with Crippen molar-refractivity contribution in [3.05, 3.63) is 5.51 Å². The Morgan fingerprint density at radius 3 is 3.23 bits per heavy atom. The molecule has 2 rings (SSSR count). The minimum absolute atomic E-state index is 0.585. The summed E-state index contributed by atoms with van der Waals surface area (Å²) in [5.41, 5.74) is 1.78. The van der Waals surface area contributed by atoms with E-state index in [1.54, 1.807) is 16.8 Å². The van der Waals surface area contributed by atoms with Crippen LogP contribution in [-0.2, 0) is 0 Å². The third-order valence-corrected chi connectivity index (χ3v) is 3.25. The lowest BCUT2D eigenvalue weighted by molar-refractivity contribution is 0.444. The molecule has 0 aromatic carbocycles. The van der Waals surface area contributed by atoms with Gasteiger partial charge in [0, 0.05) is 19.6 Å². The maximum Gasteiger partial charge on any atom is 0.208 e. The molecule has 13 heavy (non-hydrogen) atoms. The van der Waals surface area contributed by atoms with Crippen LogP contribution in [0.2, 0.25) is 0 Å². The maximum atomic E-state index is 4.06. The number of rotatable bonds is 2. The van der Waals surface area contributed by atoms with Crippen molar-refractivity contribution in [2.75, 3.05) is 25.0 Å². The zero-order chi connectivity index (χ0) is 9.10. The highest BCUT2D eigenvalue weighted by Crippen LogP contribution is 2.19. The van der Waals surface area contributed by atoms with E-state index in [1.165, 1.54) is 12.8 Å². The number of likely N-dealkylation sites (N-methyl/N-ethyl adjacent to an activating group) is 1. The van der Waals surface area contributed by atoms with E-state index in [9.17, 15) is 0 Å². The summed E-state index contributed by atoms with van der Waals surface area (Å²) in [5, 5.41) is 12.3. The Labute approximate surface area is 82.0 Å². The zero-order valence-electron chi connectivity index (χ0n) is 7.73. The number of piperidine rings is 1. The van der Waals surface area contributed by atoms with E-state index in [0.29, 0.717) is 6.04 Å². The van der Waals surface area contributed by atoms with Gasteiger partial charge in [-0.1, -0.05) is 11.3 Å². The normalized spacial score (nSPS) is 23.0. The van der Waals surface area contributed by atoms with Gasteiger partial charge in [0.1, 0.15) is 5.51 Å². The molecule has 1 fully saturated rings. The fourth-order valence-corrected chi connectivity index (χ4v) is 2.24. The Morgan fingerprint density at radius 2 is 2.62 bits per heavy atom. The molecule has 1 aromatic heterocycles. The minimum Gasteiger partial charge on any atom is -0.345 e. The van der Waals surface area contributed by atoms with E-state index in [1.807, 2.05) is 0 Å². The van der Waals surface area contributed by atoms with Crippen molar-refractivity contribution in [1.82, 2.24) is 15.5 Å². The second-order valence-corrected chi connectivity index (χ2v) is 4.14. The van der Waals surface area contributed by atoms with Gasteiger partial charge in [-0.2, -0.15) is 0 Å². The number of nitrogens with zero attached hydrogens (tertiary/aromatic N) is 3. The van der Waals surface area contributed by atoms with Gasteiger partial charge in [0.15, 0.2) is 0 Å². The predicted octanol–water partition coefficient (Wildman–Crippen LogP) is 0.726. The van der Waals surface area contributed by atoms with E-state index >= 15 is 0 Å². The summed E-state index contributed by atoms with van der Waals surface area (Å²) in [7, 11) is 2.10. The van der Waals surface area contributed by atoms with Gasteiger partial charge >= 0.3 is 0 Å². The van der Waals surface area contributed by atoms with E-state index in [0.717, 1.165) is 18.2 Å². The quantitative estimate of drug-likeness (QED) is 0.760. The van der Waals surface area contributed by atoms with Crippen molar-refractivity contribution in [2.24, 2.45) is 0 Å². The van der Waals surface area contributed by atoms with Gasteiger partial charge in [-0.15, -0.1) is 10.2 Å². The van der Waals surface area contributed by atoms with Crippen LogP contribution >= 0.6 is 11.3 Å². The Kier molecular flexibility index (Phi) is 2.75. The third kappa shape index (κ3) is 1.97. The first kappa shape index (κ1) is 8.90. The molecule has 0 amide bonds. The predicted molar refractivity (Wildman–Crippen MR) is 54.2 cm³/mol. The van der Waals surface area contributed by atoms with Crippen molar-refractivity contribution < 1.29 is 0 Å². The van der Waals surface area contributed by atoms with Crippen LogP contribution in [0.4, 0.5) is 5.13 Å². The summed E-state index contributed by atoms with van der Waals surface area (Å²) >= 11 is 1.60. The second-order valence-electron chi connectivity index (χ2n) is 3.33. The average Bonchev–Trinajstić information content (AvgIpc) is 2.71. The van der Waals surface area contributed by atoms with Crippen LogP contribution in [0.3, 0.4) is 0 Å². The molecule has 0 radical (unpaired) electrons. The maximum absolute atomic E-state index is 4.06. The number of hydrogen-bond acceptors (Lipinski definition) is 5. The van der Waals surface area contributed by atoms with Crippen LogP contribution in [0.1, 0.15) is 12.8 Å². The number of hydrogen-bond donors (Lipinski definition) is 1. The van der Waals surface area contributed by atoms with Crippen molar-refractivity contribution in [2.45, 2.75) is 18.9 Å². The van der Waals surface area contributed by atoms with E-state index in [2.05, 4.69) is 27.5 Å². The fourth-order valence-electron chi connectivity index (χ4n) is 1.64. The lowest BCUT2D eigenvalue weighted by Gasteiger charge is -2.30. The Hall–Kier alpha value is -0.680. The molecule has 2 heterocycles. The molecule has 1 unspecified atom stereocenters. The van der Waals surface area contributed by atoms with Gasteiger partial charge < -0.3 is 10.2 Å². The summed E-state index contributed by atoms with van der Waals surface area (Å²) < 4.78 is 0. The fraction of sp³-hybridized carbons (Fsp3) is 0.750. The molecule has 1 N–H and O–H groups in total. The van der Waals surface area contributed by atoms with Gasteiger partial charge in [0.25, 0.3) is 0 Å². The zero-order valence-corrected chi connectivity index (χ0v) is 8.55. The summed E-state index contributed by atoms with van der Waals surface area (Å²) in [4.78, 5) is 2.23. The Bertz CT molecular complexity index is 243. The molecule has 0 saturated carbocycles. The summed E-state index contributed by atoms with van der Waals surface area (Å²) in [6, 6.07) is 0.585. The SMILES string of the molecule is CN(c1nncs1)C1CCCNC1. The van der Waals surface area contributed by atoms with E-state index in [-0.39, 0.29) is 0 Å². The van der Waals surface area contributed by atoms with E-state index in [4.69, 9.17) is 0 Å². The molecule has 1 aromatic rings. The third-order valence-electron chi connectivity index (χ3n) is 2.47. The van der Waals surface area contributed by atoms with Crippen LogP contribution < -0.4 is 10.2 Å². The van der Waals surface area contributed by atoms with Gasteiger partial charge in [0.05, 0.1) is 0 Å². The summed E-state index contributed by atoms with van der Waals surface area (Å²) in [5.74, 6) is 0. The van der Waals surface area contributed by atoms with Gasteiger partial charge in [-0.05, 0) is 19.4 Å². The minimum atomic E-state index is 0.585. The number of nitrogens with one attached hydrogen (secondary N) is 1. The largest absolute Gasteiger partial charge is 0.345 e. The molecule has 4 nitrogen and oxygen atoms in total. The van der Waals surface area contributed by atoms with E-state index < -0.39 is 0 Å². The van der Waals surface area contributed by atoms with Crippen molar-refractivity contribution >= 4 is 16.5 Å². The van der Waals surface area contributed by atoms with Crippen LogP contribution in [0, 0.1) is 0 Å². The molecule has 1 atom stereocenters. The standard InChI is InChI=1S/C8H14N4S/c1-12(8-11-10-6-13-8)7-3-2-4-9-5-7/h6-7,9H,2-5H2,1H3. The van der Waals surface area contributed by atoms with Crippen LogP contribution in [-0.4, -0.2) is 36.4 Å². The Morgan fingerprint density at radius 1 is 1.69 bits per heavy atom. The molecular formula is C8H14N4S. The summed E-state index contributed by atoms with van der Waals surface area (Å²) in [6.07, 6.45) is 2.51. The van der Waals surface area contributed by atoms with Crippen molar-refractivity contribution in [3.63, 3.8) is 0 Å². The molecule has 0 spiro atoms. The molecule has 5 heteroatoms. The molecule has 0 aliphatic carbocycles. The smallest absolute Gasteiger partial charge is 0.208 e. The average molecular weight is 198 g/mol. The lowest BCUT2D eigenvalue weighted by Crippen LogP contribution is -2.44. The van der Waals surface area contributed by atoms with Gasteiger partial charge in [0.2, 0.25) is 5.13 Å². The molecule has 0 bridgehead atoms. The molecule has 1 saturated heterocycles. The highest BCUT2D eigenvalue weighted by Gasteiger charge is 2.19. The highest BCUT2D eigenvalue weighted by molar-refractivity contribution is 7.13. The van der Waals surface area contributed by atoms with Gasteiger partial charge in [-0.3, -0.25) is 0 Å². The summed E-state index contributed by atoms with van der Waals surface area (Å²) in [6.45, 7) is 2.22. The molecule has 1 aliphatic heterocycles. The second kappa shape index (κ2) is 4.02. The first-order chi connectivity index (χ1) is 6.38. The van der Waals surface area contributed by atoms with Crippen molar-refractivity contribution in [1.29, 1.82) is 0 Å². The first-order valence-electron chi connectivity index (χ1n) is 4.57. The van der Waals surface area contributed by atoms with Crippen LogP contribution in [0.15, 0.2) is 5.51 Å². The van der Waals surface area contributed by atoms with Crippen LogP contribution in [0.25, 0.3) is 0 Å².